The highest BCUT2D eigenvalue weighted by Crippen LogP contribution is 2.26. The Bertz CT molecular complexity index is 542. The lowest BCUT2D eigenvalue weighted by Gasteiger charge is -2.08. The minimum Gasteiger partial charge on any atom is -0.293 e. The van der Waals surface area contributed by atoms with Crippen LogP contribution in [-0.2, 0) is 0 Å². The largest absolute Gasteiger partial charge is 0.293 e. The smallest absolute Gasteiger partial charge is 0.178 e. The summed E-state index contributed by atoms with van der Waals surface area (Å²) >= 11 is 1.52. The van der Waals surface area contributed by atoms with Crippen LogP contribution in [0, 0.1) is 0 Å². The molecule has 0 amide bonds. The fourth-order valence-electron chi connectivity index (χ4n) is 1.76. The lowest BCUT2D eigenvalue weighted by atomic mass is 9.98. The number of aromatic nitrogens is 1. The molecule has 1 heterocycles. The van der Waals surface area contributed by atoms with Crippen molar-refractivity contribution in [2.45, 2.75) is 33.1 Å². The van der Waals surface area contributed by atoms with Gasteiger partial charge in [-0.1, -0.05) is 38.1 Å². The van der Waals surface area contributed by atoms with Crippen LogP contribution in [0.2, 0.25) is 0 Å². The maximum absolute atomic E-state index is 11.2. The van der Waals surface area contributed by atoms with Gasteiger partial charge in [0.05, 0.1) is 0 Å². The topological polar surface area (TPSA) is 30.0 Å². The number of nitrogens with zero attached hydrogens (tertiary/aromatic N) is 1. The van der Waals surface area contributed by atoms with E-state index in [9.17, 15) is 4.79 Å². The molecule has 0 saturated heterocycles. The first kappa shape index (κ1) is 13.0. The molecule has 1 atom stereocenters. The van der Waals surface area contributed by atoms with Gasteiger partial charge in [0.2, 0.25) is 0 Å². The van der Waals surface area contributed by atoms with E-state index in [4.69, 9.17) is 0 Å². The van der Waals surface area contributed by atoms with Crippen LogP contribution < -0.4 is 0 Å². The molecule has 0 radical (unpaired) electrons. The molecule has 0 aliphatic rings. The van der Waals surface area contributed by atoms with Crippen LogP contribution in [0.3, 0.4) is 0 Å². The molecule has 1 aromatic carbocycles. The van der Waals surface area contributed by atoms with Gasteiger partial charge >= 0.3 is 0 Å². The van der Waals surface area contributed by atoms with E-state index in [2.05, 4.69) is 43.1 Å². The lowest BCUT2D eigenvalue weighted by molar-refractivity contribution is 0.101. The molecule has 2 nitrogen and oxygen atoms in total. The van der Waals surface area contributed by atoms with Crippen LogP contribution in [0.5, 0.6) is 0 Å². The minimum absolute atomic E-state index is 0.0220. The molecule has 18 heavy (non-hydrogen) atoms. The molecule has 0 aliphatic heterocycles. The van der Waals surface area contributed by atoms with Crippen LogP contribution >= 0.6 is 11.3 Å². The van der Waals surface area contributed by atoms with Crippen molar-refractivity contribution in [3.8, 4) is 10.6 Å². The third-order valence-electron chi connectivity index (χ3n) is 3.20. The predicted octanol–water partition coefficient (Wildman–Crippen LogP) is 4.53. The van der Waals surface area contributed by atoms with Crippen LogP contribution in [0.4, 0.5) is 0 Å². The van der Waals surface area contributed by atoms with E-state index in [0.717, 1.165) is 17.0 Å². The molecular formula is C15H17NOS. The van der Waals surface area contributed by atoms with E-state index < -0.39 is 0 Å². The normalized spacial score (nSPS) is 12.4. The van der Waals surface area contributed by atoms with E-state index in [0.29, 0.717) is 11.6 Å². The molecule has 1 unspecified atom stereocenters. The van der Waals surface area contributed by atoms with Crippen molar-refractivity contribution >= 4 is 17.1 Å². The molecule has 0 fully saturated rings. The van der Waals surface area contributed by atoms with Gasteiger partial charge in [-0.25, -0.2) is 4.98 Å². The lowest BCUT2D eigenvalue weighted by Crippen LogP contribution is -1.92. The van der Waals surface area contributed by atoms with E-state index in [1.165, 1.54) is 16.9 Å². The Hall–Kier alpha value is -1.48. The van der Waals surface area contributed by atoms with Crippen molar-refractivity contribution in [3.05, 3.63) is 40.9 Å². The summed E-state index contributed by atoms with van der Waals surface area (Å²) in [6, 6.07) is 8.48. The zero-order valence-corrected chi connectivity index (χ0v) is 11.8. The average Bonchev–Trinajstić information content (AvgIpc) is 2.88. The summed E-state index contributed by atoms with van der Waals surface area (Å²) in [5, 5.41) is 2.73. The van der Waals surface area contributed by atoms with Crippen LogP contribution in [-0.4, -0.2) is 10.8 Å². The van der Waals surface area contributed by atoms with Crippen molar-refractivity contribution in [1.82, 2.24) is 4.98 Å². The Labute approximate surface area is 112 Å². The third-order valence-corrected chi connectivity index (χ3v) is 4.10. The maximum Gasteiger partial charge on any atom is 0.178 e. The first-order chi connectivity index (χ1) is 8.61. The average molecular weight is 259 g/mol. The molecule has 0 N–H and O–H groups in total. The van der Waals surface area contributed by atoms with Gasteiger partial charge in [0.25, 0.3) is 0 Å². The van der Waals surface area contributed by atoms with Gasteiger partial charge in [-0.05, 0) is 17.9 Å². The molecule has 2 aromatic rings. The fraction of sp³-hybridized carbons (Fsp3) is 0.333. The SMILES string of the molecule is CCC(C)c1ccc(-c2nc(C(C)=O)cs2)cc1. The molecule has 0 saturated carbocycles. The standard InChI is InChI=1S/C15H17NOS/c1-4-10(2)12-5-7-13(8-6-12)15-16-14(9-18-15)11(3)17/h5-10H,4H2,1-3H3. The van der Waals surface area contributed by atoms with Crippen LogP contribution in [0.15, 0.2) is 29.6 Å². The molecule has 1 aromatic heterocycles. The number of carbonyl (C=O) groups is 1. The Balaban J connectivity index is 2.25. The van der Waals surface area contributed by atoms with Crippen molar-refractivity contribution in [3.63, 3.8) is 0 Å². The Morgan fingerprint density at radius 1 is 1.33 bits per heavy atom. The summed E-state index contributed by atoms with van der Waals surface area (Å²) in [4.78, 5) is 15.6. The van der Waals surface area contributed by atoms with E-state index in [1.54, 1.807) is 6.92 Å². The Morgan fingerprint density at radius 3 is 2.50 bits per heavy atom. The number of rotatable bonds is 4. The first-order valence-electron chi connectivity index (χ1n) is 6.18. The Kier molecular flexibility index (Phi) is 3.92. The van der Waals surface area contributed by atoms with E-state index >= 15 is 0 Å². The second kappa shape index (κ2) is 5.44. The van der Waals surface area contributed by atoms with Crippen LogP contribution in [0.25, 0.3) is 10.6 Å². The zero-order chi connectivity index (χ0) is 13.1. The van der Waals surface area contributed by atoms with Crippen LogP contribution in [0.1, 0.15) is 49.2 Å². The number of ketones is 1. The second-order valence-electron chi connectivity index (χ2n) is 4.53. The number of carbonyl (C=O) groups excluding carboxylic acids is 1. The third kappa shape index (κ3) is 2.67. The molecule has 3 heteroatoms. The number of hydrogen-bond donors (Lipinski definition) is 0. The van der Waals surface area contributed by atoms with Gasteiger partial charge in [0.15, 0.2) is 5.78 Å². The van der Waals surface area contributed by atoms with Crippen molar-refractivity contribution < 1.29 is 4.79 Å². The van der Waals surface area contributed by atoms with Crippen molar-refractivity contribution in [2.75, 3.05) is 0 Å². The van der Waals surface area contributed by atoms with Crippen molar-refractivity contribution in [1.29, 1.82) is 0 Å². The predicted molar refractivity (Wildman–Crippen MR) is 76.3 cm³/mol. The van der Waals surface area contributed by atoms with Gasteiger partial charge in [-0.2, -0.15) is 0 Å². The highest BCUT2D eigenvalue weighted by Gasteiger charge is 2.08. The molecule has 2 rings (SSSR count). The summed E-state index contributed by atoms with van der Waals surface area (Å²) in [7, 11) is 0. The first-order valence-corrected chi connectivity index (χ1v) is 7.06. The summed E-state index contributed by atoms with van der Waals surface area (Å²) in [6.45, 7) is 5.97. The zero-order valence-electron chi connectivity index (χ0n) is 10.9. The summed E-state index contributed by atoms with van der Waals surface area (Å²) in [5.41, 5.74) is 2.99. The number of thiazole rings is 1. The van der Waals surface area contributed by atoms with Gasteiger partial charge < -0.3 is 0 Å². The number of hydrogen-bond acceptors (Lipinski definition) is 3. The van der Waals surface area contributed by atoms with Crippen molar-refractivity contribution in [2.24, 2.45) is 0 Å². The van der Waals surface area contributed by atoms with Gasteiger partial charge in [0, 0.05) is 17.9 Å². The molecular weight excluding hydrogens is 242 g/mol. The van der Waals surface area contributed by atoms with E-state index in [-0.39, 0.29) is 5.78 Å². The molecule has 0 spiro atoms. The maximum atomic E-state index is 11.2. The van der Waals surface area contributed by atoms with Gasteiger partial charge in [-0.3, -0.25) is 4.79 Å². The molecule has 0 aliphatic carbocycles. The van der Waals surface area contributed by atoms with Gasteiger partial charge in [0.1, 0.15) is 10.7 Å². The Morgan fingerprint density at radius 2 is 2.00 bits per heavy atom. The second-order valence-corrected chi connectivity index (χ2v) is 5.38. The van der Waals surface area contributed by atoms with E-state index in [1.807, 2.05) is 5.38 Å². The summed E-state index contributed by atoms with van der Waals surface area (Å²) in [5.74, 6) is 0.608. The number of Topliss-reactive ketones (excluding diaryl/α,β-unsaturated/α-hetero) is 1. The monoisotopic (exact) mass is 259 g/mol. The summed E-state index contributed by atoms with van der Waals surface area (Å²) in [6.07, 6.45) is 1.14. The molecule has 0 bridgehead atoms. The summed E-state index contributed by atoms with van der Waals surface area (Å²) < 4.78 is 0. The minimum atomic E-state index is 0.0220. The highest BCUT2D eigenvalue weighted by molar-refractivity contribution is 7.13. The number of benzene rings is 1. The fourth-order valence-corrected chi connectivity index (χ4v) is 2.62. The quantitative estimate of drug-likeness (QED) is 0.755. The van der Waals surface area contributed by atoms with Gasteiger partial charge in [-0.15, -0.1) is 11.3 Å². The highest BCUT2D eigenvalue weighted by atomic mass is 32.1. The molecule has 94 valence electrons.